The summed E-state index contributed by atoms with van der Waals surface area (Å²) in [5.74, 6) is -0.910. The summed E-state index contributed by atoms with van der Waals surface area (Å²) in [6.45, 7) is 4.88. The van der Waals surface area contributed by atoms with Gasteiger partial charge in [-0.3, -0.25) is 9.69 Å². The van der Waals surface area contributed by atoms with Crippen molar-refractivity contribution in [1.29, 1.82) is 0 Å². The lowest BCUT2D eigenvalue weighted by atomic mass is 9.97. The van der Waals surface area contributed by atoms with Crippen LogP contribution in [-0.2, 0) is 14.3 Å². The van der Waals surface area contributed by atoms with Crippen molar-refractivity contribution in [2.24, 2.45) is 0 Å². The number of amides is 1. The first kappa shape index (κ1) is 15.0. The van der Waals surface area contributed by atoms with Crippen LogP contribution in [0.5, 0.6) is 0 Å². The molecule has 0 bridgehead atoms. The van der Waals surface area contributed by atoms with Gasteiger partial charge in [0.25, 0.3) is 0 Å². The molecule has 0 N–H and O–H groups in total. The Labute approximate surface area is 121 Å². The number of hydrogen-bond acceptors (Lipinski definition) is 4. The van der Waals surface area contributed by atoms with Gasteiger partial charge in [0, 0.05) is 13.1 Å². The van der Waals surface area contributed by atoms with Crippen molar-refractivity contribution in [2.75, 3.05) is 6.61 Å². The molecule has 0 saturated carbocycles. The fourth-order valence-corrected chi connectivity index (χ4v) is 2.19. The standard InChI is InChI=1S/C15H16FNO4/c1-4-20-15(19)21-14-13-11(7-8-17(14)10(3)18)9(2)5-6-12(13)16/h5-8,14H,4H2,1-3H3. The van der Waals surface area contributed by atoms with Gasteiger partial charge in [-0.2, -0.15) is 0 Å². The molecule has 1 amide bonds. The summed E-state index contributed by atoms with van der Waals surface area (Å²) in [4.78, 5) is 24.4. The van der Waals surface area contributed by atoms with Crippen LogP contribution in [0, 0.1) is 12.7 Å². The number of carbonyl (C=O) groups excluding carboxylic acids is 2. The van der Waals surface area contributed by atoms with Gasteiger partial charge in [0.2, 0.25) is 12.1 Å². The van der Waals surface area contributed by atoms with E-state index < -0.39 is 18.2 Å². The number of carbonyl (C=O) groups is 2. The largest absolute Gasteiger partial charge is 0.510 e. The van der Waals surface area contributed by atoms with Crippen LogP contribution in [0.1, 0.15) is 36.8 Å². The molecule has 0 fully saturated rings. The summed E-state index contributed by atoms with van der Waals surface area (Å²) in [6, 6.07) is 2.91. The highest BCUT2D eigenvalue weighted by molar-refractivity contribution is 5.78. The Morgan fingerprint density at radius 1 is 1.38 bits per heavy atom. The first-order valence-electron chi connectivity index (χ1n) is 6.55. The molecule has 21 heavy (non-hydrogen) atoms. The van der Waals surface area contributed by atoms with Gasteiger partial charge in [-0.25, -0.2) is 9.18 Å². The second-order valence-corrected chi connectivity index (χ2v) is 4.59. The Morgan fingerprint density at radius 3 is 2.71 bits per heavy atom. The topological polar surface area (TPSA) is 55.8 Å². The summed E-state index contributed by atoms with van der Waals surface area (Å²) >= 11 is 0. The Morgan fingerprint density at radius 2 is 2.10 bits per heavy atom. The second kappa shape index (κ2) is 5.95. The van der Waals surface area contributed by atoms with Crippen LogP contribution >= 0.6 is 0 Å². The smallest absolute Gasteiger partial charge is 0.435 e. The molecule has 0 aliphatic carbocycles. The van der Waals surface area contributed by atoms with Crippen LogP contribution in [0.3, 0.4) is 0 Å². The lowest BCUT2D eigenvalue weighted by molar-refractivity contribution is -0.136. The van der Waals surface area contributed by atoms with Crippen LogP contribution in [0.4, 0.5) is 9.18 Å². The van der Waals surface area contributed by atoms with Gasteiger partial charge in [0.05, 0.1) is 12.2 Å². The molecule has 1 atom stereocenters. The molecule has 1 aliphatic heterocycles. The average Bonchev–Trinajstić information content (AvgIpc) is 2.42. The first-order valence-corrected chi connectivity index (χ1v) is 6.55. The van der Waals surface area contributed by atoms with E-state index >= 15 is 0 Å². The van der Waals surface area contributed by atoms with E-state index in [1.165, 1.54) is 19.2 Å². The number of rotatable bonds is 2. The van der Waals surface area contributed by atoms with E-state index in [1.807, 2.05) is 6.92 Å². The number of ether oxygens (including phenoxy) is 2. The Balaban J connectivity index is 2.47. The van der Waals surface area contributed by atoms with Crippen LogP contribution in [0.2, 0.25) is 0 Å². The average molecular weight is 293 g/mol. The summed E-state index contributed by atoms with van der Waals surface area (Å²) in [5.41, 5.74) is 1.57. The third-order valence-corrected chi connectivity index (χ3v) is 3.19. The minimum absolute atomic E-state index is 0.130. The number of aryl methyl sites for hydroxylation is 1. The number of benzene rings is 1. The van der Waals surface area contributed by atoms with E-state index in [-0.39, 0.29) is 18.1 Å². The van der Waals surface area contributed by atoms with Gasteiger partial charge in [-0.1, -0.05) is 6.07 Å². The zero-order chi connectivity index (χ0) is 15.6. The molecule has 1 aliphatic rings. The fourth-order valence-electron chi connectivity index (χ4n) is 2.19. The summed E-state index contributed by atoms with van der Waals surface area (Å²) in [7, 11) is 0. The third-order valence-electron chi connectivity index (χ3n) is 3.19. The Hall–Kier alpha value is -2.37. The Bertz CT molecular complexity index is 612. The van der Waals surface area contributed by atoms with E-state index in [9.17, 15) is 14.0 Å². The van der Waals surface area contributed by atoms with Crippen molar-refractivity contribution in [1.82, 2.24) is 4.90 Å². The molecule has 112 valence electrons. The van der Waals surface area contributed by atoms with Gasteiger partial charge < -0.3 is 9.47 Å². The molecule has 5 nitrogen and oxygen atoms in total. The van der Waals surface area contributed by atoms with Crippen LogP contribution in [-0.4, -0.2) is 23.6 Å². The molecule has 1 aromatic rings. The summed E-state index contributed by atoms with van der Waals surface area (Å²) in [6.07, 6.45) is 0.985. The molecule has 1 aromatic carbocycles. The SMILES string of the molecule is CCOC(=O)OC1c2c(F)ccc(C)c2C=CN1C(C)=O. The maximum absolute atomic E-state index is 14.2. The summed E-state index contributed by atoms with van der Waals surface area (Å²) in [5, 5.41) is 0. The predicted octanol–water partition coefficient (Wildman–Crippen LogP) is 3.14. The number of hydrogen-bond donors (Lipinski definition) is 0. The van der Waals surface area contributed by atoms with Crippen LogP contribution in [0.25, 0.3) is 6.08 Å². The highest BCUT2D eigenvalue weighted by atomic mass is 19.1. The molecule has 0 saturated heterocycles. The van der Waals surface area contributed by atoms with Gasteiger partial charge in [-0.05, 0) is 37.1 Å². The minimum Gasteiger partial charge on any atom is -0.435 e. The maximum Gasteiger partial charge on any atom is 0.510 e. The molecule has 1 unspecified atom stereocenters. The first-order chi connectivity index (χ1) is 9.95. The maximum atomic E-state index is 14.2. The molecule has 0 spiro atoms. The molecule has 2 rings (SSSR count). The monoisotopic (exact) mass is 293 g/mol. The number of halogens is 1. The third kappa shape index (κ3) is 2.89. The van der Waals surface area contributed by atoms with E-state index in [2.05, 4.69) is 0 Å². The lowest BCUT2D eigenvalue weighted by Gasteiger charge is -2.32. The molecule has 0 aromatic heterocycles. The minimum atomic E-state index is -1.17. The normalized spacial score (nSPS) is 16.4. The van der Waals surface area contributed by atoms with Crippen LogP contribution in [0.15, 0.2) is 18.3 Å². The van der Waals surface area contributed by atoms with Crippen molar-refractivity contribution < 1.29 is 23.5 Å². The molecule has 1 heterocycles. The number of nitrogens with zero attached hydrogens (tertiary/aromatic N) is 1. The zero-order valence-corrected chi connectivity index (χ0v) is 12.1. The van der Waals surface area contributed by atoms with E-state index in [1.54, 1.807) is 19.1 Å². The molecular weight excluding hydrogens is 277 g/mol. The van der Waals surface area contributed by atoms with Crippen molar-refractivity contribution in [3.63, 3.8) is 0 Å². The van der Waals surface area contributed by atoms with Gasteiger partial charge in [0.1, 0.15) is 5.82 Å². The van der Waals surface area contributed by atoms with E-state index in [0.717, 1.165) is 10.5 Å². The fraction of sp³-hybridized carbons (Fsp3) is 0.333. The molecule has 0 radical (unpaired) electrons. The van der Waals surface area contributed by atoms with Gasteiger partial charge >= 0.3 is 6.16 Å². The van der Waals surface area contributed by atoms with Gasteiger partial charge in [-0.15, -0.1) is 0 Å². The predicted molar refractivity (Wildman–Crippen MR) is 73.5 cm³/mol. The molecular formula is C15H16FNO4. The molecule has 6 heteroatoms. The van der Waals surface area contributed by atoms with Crippen molar-refractivity contribution >= 4 is 18.1 Å². The summed E-state index contributed by atoms with van der Waals surface area (Å²) < 4.78 is 24.0. The van der Waals surface area contributed by atoms with Crippen LogP contribution < -0.4 is 0 Å². The van der Waals surface area contributed by atoms with Crippen molar-refractivity contribution in [3.05, 3.63) is 40.8 Å². The number of fused-ring (bicyclic) bond motifs is 1. The quantitative estimate of drug-likeness (QED) is 0.786. The van der Waals surface area contributed by atoms with E-state index in [0.29, 0.717) is 5.56 Å². The highest BCUT2D eigenvalue weighted by Gasteiger charge is 2.33. The van der Waals surface area contributed by atoms with Gasteiger partial charge in [0.15, 0.2) is 0 Å². The zero-order valence-electron chi connectivity index (χ0n) is 12.1. The van der Waals surface area contributed by atoms with Crippen molar-refractivity contribution in [2.45, 2.75) is 27.0 Å². The Kier molecular flexibility index (Phi) is 4.26. The lowest BCUT2D eigenvalue weighted by Crippen LogP contribution is -2.34. The van der Waals surface area contributed by atoms with Crippen molar-refractivity contribution in [3.8, 4) is 0 Å². The highest BCUT2D eigenvalue weighted by Crippen LogP contribution is 2.35. The van der Waals surface area contributed by atoms with E-state index in [4.69, 9.17) is 9.47 Å². The second-order valence-electron chi connectivity index (χ2n) is 4.59.